The third-order valence-corrected chi connectivity index (χ3v) is 22.7. The number of hydrogen-bond donors (Lipinski definition) is 7. The molecule has 0 bridgehead atoms. The van der Waals surface area contributed by atoms with Gasteiger partial charge in [-0.2, -0.15) is 0 Å². The van der Waals surface area contributed by atoms with Gasteiger partial charge < -0.3 is 42.1 Å². The van der Waals surface area contributed by atoms with E-state index in [1.54, 1.807) is 154 Å². The maximum absolute atomic E-state index is 13.8. The van der Waals surface area contributed by atoms with Gasteiger partial charge in [-0.25, -0.2) is 23.7 Å². The molecule has 140 heavy (non-hydrogen) atoms. The van der Waals surface area contributed by atoms with Crippen molar-refractivity contribution < 1.29 is 32.8 Å². The number of nitrogens with one attached hydrogen (secondary N) is 7. The molecule has 0 aliphatic carbocycles. The molecule has 26 heteroatoms. The Hall–Kier alpha value is -18.7. The molecular weight excluding hydrogens is 1750 g/mol. The Morgan fingerprint density at radius 2 is 0.600 bits per heavy atom. The van der Waals surface area contributed by atoms with Crippen LogP contribution in [-0.2, 0) is 32.1 Å². The van der Waals surface area contributed by atoms with E-state index in [9.17, 15) is 32.8 Å². The van der Waals surface area contributed by atoms with Gasteiger partial charge in [0.15, 0.2) is 11.6 Å². The molecule has 11 aromatic heterocycles. The van der Waals surface area contributed by atoms with Crippen LogP contribution in [0.2, 0.25) is 0 Å². The fourth-order valence-electron chi connectivity index (χ4n) is 15.4. The molecule has 0 saturated carbocycles. The highest BCUT2D eigenvalue weighted by atomic mass is 19.1. The highest BCUT2D eigenvalue weighted by molar-refractivity contribution is 6.06. The summed E-state index contributed by atoms with van der Waals surface area (Å²) in [6.07, 6.45) is 29.4. The third kappa shape index (κ3) is 25.2. The van der Waals surface area contributed by atoms with Crippen LogP contribution in [0.1, 0.15) is 109 Å². The molecule has 3 amide bonds. The van der Waals surface area contributed by atoms with Crippen LogP contribution < -0.4 is 42.1 Å². The molecule has 0 spiro atoms. The van der Waals surface area contributed by atoms with Crippen LogP contribution in [0.15, 0.2) is 396 Å². The predicted molar refractivity (Wildman–Crippen MR) is 549 cm³/mol. The molecule has 20 rings (SSSR count). The number of anilines is 12. The minimum Gasteiger partial charge on any atom is -0.378 e. The van der Waals surface area contributed by atoms with Crippen molar-refractivity contribution in [3.8, 4) is 0 Å². The van der Waals surface area contributed by atoms with E-state index in [0.29, 0.717) is 79.2 Å². The molecule has 24 nitrogen and oxygen atoms in total. The second-order valence-corrected chi connectivity index (χ2v) is 33.0. The van der Waals surface area contributed by atoms with Gasteiger partial charge in [0, 0.05) is 179 Å². The number of benzene rings is 9. The Morgan fingerprint density at radius 3 is 0.971 bits per heavy atom. The largest absolute Gasteiger partial charge is 0.378 e. The molecule has 686 valence electrons. The van der Waals surface area contributed by atoms with Crippen molar-refractivity contribution in [1.29, 1.82) is 0 Å². The quantitative estimate of drug-likeness (QED) is 0.0235. The summed E-state index contributed by atoms with van der Waals surface area (Å²) in [5, 5.41) is 25.1. The first-order valence-electron chi connectivity index (χ1n) is 44.9. The van der Waals surface area contributed by atoms with Crippen molar-refractivity contribution >= 4 is 141 Å². The number of rotatable bonds is 27. The highest BCUT2D eigenvalue weighted by Gasteiger charge is 2.18. The standard InChI is InChI=1S/C29H22FN3O.C29H26N6O.C29H23N5O2.C27H20FN5O/c30-24-7-8-27-26(19-24)28(11-14-32-27)33-25-6-2-5-23(18-25)29(34)17-22-4-1-3-21(16-22)15-20-9-12-31-13-10-20;1-35(2)24-8-10-26-25(18-24)27(13-16-31-26)33-23-7-9-28(32-19-23)29(36)34-22-5-3-20(4-6-22)17-21-11-14-30-15-12-21;1-19(35)22-4-8-26-25(17-22)27(12-15-31-26)33-24-7-9-28(32-18-24)29(36)34-23-5-2-20(3-6-23)16-21-10-13-30-14-11-21;28-20-3-7-24-23(16-20)25(11-14-30-24)32-22-6-8-26(31-17-22)27(34)33-21-4-1-18(2-5-21)15-19-9-12-29-13-10-19/h1-14,16,18-19H,15,17H2,(H,32,33);3-16,18-19H,17H2,1-2H3,(H,31,33)(H,34,36);2-15,17-18H,16H2,1H3,(H,31,33)(H,34,36);1-14,16-17H,15H2,(H,30,32)(H,33,34). The zero-order chi connectivity index (χ0) is 96.5. The summed E-state index contributed by atoms with van der Waals surface area (Å²) < 4.78 is 27.5. The molecule has 0 saturated heterocycles. The summed E-state index contributed by atoms with van der Waals surface area (Å²) in [6, 6.07) is 93.0. The molecule has 0 aliphatic rings. The number of ketones is 2. The van der Waals surface area contributed by atoms with Crippen LogP contribution in [-0.4, -0.2) is 98.2 Å². The van der Waals surface area contributed by atoms with E-state index >= 15 is 0 Å². The molecule has 11 heterocycles. The first kappa shape index (κ1) is 93.1. The summed E-state index contributed by atoms with van der Waals surface area (Å²) in [5.74, 6) is -1.47. The van der Waals surface area contributed by atoms with Gasteiger partial charge in [-0.3, -0.25) is 63.8 Å². The summed E-state index contributed by atoms with van der Waals surface area (Å²) in [4.78, 5) is 111. The van der Waals surface area contributed by atoms with Crippen LogP contribution >= 0.6 is 0 Å². The minimum atomic E-state index is -0.334. The lowest BCUT2D eigenvalue weighted by Crippen LogP contribution is -2.13. The summed E-state index contributed by atoms with van der Waals surface area (Å²) in [7, 11) is 4.02. The van der Waals surface area contributed by atoms with E-state index in [1.807, 2.05) is 214 Å². The zero-order valence-electron chi connectivity index (χ0n) is 76.2. The van der Waals surface area contributed by atoms with Crippen molar-refractivity contribution in [3.63, 3.8) is 0 Å². The lowest BCUT2D eigenvalue weighted by atomic mass is 9.98. The number of carbonyl (C=O) groups is 5. The first-order chi connectivity index (χ1) is 68.4. The van der Waals surface area contributed by atoms with Gasteiger partial charge >= 0.3 is 0 Å². The Kier molecular flexibility index (Phi) is 29.8. The number of nitrogens with zero attached hydrogens (tertiary/aromatic N) is 12. The number of Topliss-reactive ketones (excluding diaryl/α,β-unsaturated/α-hetero) is 2. The normalized spacial score (nSPS) is 10.8. The number of hydrogen-bond acceptors (Lipinski definition) is 21. The summed E-state index contributed by atoms with van der Waals surface area (Å²) in [6.45, 7) is 1.54. The number of amides is 3. The molecule has 0 unspecified atom stereocenters. The second-order valence-electron chi connectivity index (χ2n) is 33.0. The van der Waals surface area contributed by atoms with Gasteiger partial charge in [-0.1, -0.05) is 72.8 Å². The molecule has 0 radical (unpaired) electrons. The van der Waals surface area contributed by atoms with E-state index in [2.05, 4.69) is 115 Å². The maximum atomic E-state index is 13.8. The fraction of sp³-hybridized carbons (Fsp3) is 0.0702. The number of carbonyl (C=O) groups excluding carboxylic acids is 5. The first-order valence-corrected chi connectivity index (χ1v) is 44.9. The number of fused-ring (bicyclic) bond motifs is 4. The van der Waals surface area contributed by atoms with Gasteiger partial charge in [0.1, 0.15) is 28.7 Å². The molecule has 0 fully saturated rings. The number of aromatic nitrogens is 11. The van der Waals surface area contributed by atoms with Crippen molar-refractivity contribution in [2.75, 3.05) is 56.2 Å². The molecule has 9 aromatic carbocycles. The zero-order valence-corrected chi connectivity index (χ0v) is 76.2. The van der Waals surface area contributed by atoms with E-state index < -0.39 is 0 Å². The van der Waals surface area contributed by atoms with Crippen LogP contribution in [0.4, 0.5) is 77.0 Å². The van der Waals surface area contributed by atoms with Crippen LogP contribution in [0.3, 0.4) is 0 Å². The predicted octanol–water partition coefficient (Wildman–Crippen LogP) is 23.8. The number of pyridine rings is 11. The Bertz CT molecular complexity index is 7770. The second kappa shape index (κ2) is 44.9. The molecular formula is C114H91F2N19O5. The molecule has 0 aliphatic heterocycles. The maximum Gasteiger partial charge on any atom is 0.274 e. The van der Waals surface area contributed by atoms with E-state index in [-0.39, 0.29) is 46.6 Å². The number of halogens is 2. The van der Waals surface area contributed by atoms with Crippen LogP contribution in [0, 0.1) is 11.6 Å². The van der Waals surface area contributed by atoms with Gasteiger partial charge in [0.25, 0.3) is 17.7 Å². The van der Waals surface area contributed by atoms with Crippen molar-refractivity contribution in [3.05, 3.63) is 486 Å². The van der Waals surface area contributed by atoms with Gasteiger partial charge in [0.05, 0.1) is 57.7 Å². The Balaban J connectivity index is 0.000000129. The van der Waals surface area contributed by atoms with Gasteiger partial charge in [-0.05, 0) is 313 Å². The topological polar surface area (TPSA) is 315 Å². The van der Waals surface area contributed by atoms with E-state index in [4.69, 9.17) is 0 Å². The third-order valence-electron chi connectivity index (χ3n) is 22.7. The van der Waals surface area contributed by atoms with Gasteiger partial charge in [0.2, 0.25) is 0 Å². The Labute approximate surface area is 805 Å². The van der Waals surface area contributed by atoms with Crippen LogP contribution in [0.25, 0.3) is 43.6 Å². The van der Waals surface area contributed by atoms with Crippen molar-refractivity contribution in [2.24, 2.45) is 0 Å². The van der Waals surface area contributed by atoms with E-state index in [0.717, 1.165) is 115 Å². The smallest absolute Gasteiger partial charge is 0.274 e. The molecule has 0 atom stereocenters. The average Bonchev–Trinajstić information content (AvgIpc) is 0.805. The van der Waals surface area contributed by atoms with Crippen molar-refractivity contribution in [1.82, 2.24) is 54.8 Å². The lowest BCUT2D eigenvalue weighted by Gasteiger charge is -2.15. The minimum absolute atomic E-state index is 0.00730. The lowest BCUT2D eigenvalue weighted by molar-refractivity contribution is 0.0988. The fourth-order valence-corrected chi connectivity index (χ4v) is 15.4. The van der Waals surface area contributed by atoms with Gasteiger partial charge in [-0.15, -0.1) is 0 Å². The molecule has 20 aromatic rings. The monoisotopic (exact) mass is 1840 g/mol. The van der Waals surface area contributed by atoms with Crippen LogP contribution in [0.5, 0.6) is 0 Å². The summed E-state index contributed by atoms with van der Waals surface area (Å²) >= 11 is 0. The Morgan fingerprint density at radius 1 is 0.271 bits per heavy atom. The van der Waals surface area contributed by atoms with E-state index in [1.165, 1.54) is 53.4 Å². The summed E-state index contributed by atoms with van der Waals surface area (Å²) in [5.41, 5.74) is 24.9. The highest BCUT2D eigenvalue weighted by Crippen LogP contribution is 2.34. The van der Waals surface area contributed by atoms with Crippen molar-refractivity contribution in [2.45, 2.75) is 39.0 Å². The molecule has 7 N–H and O–H groups in total. The SMILES string of the molecule is CC(=O)c1ccc2nccc(Nc3ccc(C(=O)Nc4ccc(Cc5ccncc5)cc4)nc3)c2c1.CN(C)c1ccc2nccc(Nc3ccc(C(=O)Nc4ccc(Cc5ccncc5)cc4)nc3)c2c1.O=C(Cc1cccc(Cc2ccncc2)c1)c1cccc(Nc2ccnc3ccc(F)cc23)c1.O=C(Nc1ccc(Cc2ccncc2)cc1)c1ccc(Nc2ccnc3ccc(F)cc23)cn1. The average molecular weight is 1850 g/mol.